The summed E-state index contributed by atoms with van der Waals surface area (Å²) in [5.74, 6) is -0.328. The standard InChI is InChI=1S/C20H21N3O2S/c1-12-10-14(3)18-16(11-12)26-20(23-18)22-17(24)8-9-21-19(25)15-7-5-4-6-13(15)2/h4-7,10-11H,8-9H2,1-3H3,(H,21,25)(H,22,23,24). The largest absolute Gasteiger partial charge is 0.352 e. The van der Waals surface area contributed by atoms with E-state index in [4.69, 9.17) is 0 Å². The van der Waals surface area contributed by atoms with Gasteiger partial charge in [-0.3, -0.25) is 9.59 Å². The number of rotatable bonds is 5. The van der Waals surface area contributed by atoms with Crippen LogP contribution < -0.4 is 10.6 Å². The molecule has 26 heavy (non-hydrogen) atoms. The van der Waals surface area contributed by atoms with Crippen molar-refractivity contribution in [1.82, 2.24) is 10.3 Å². The highest BCUT2D eigenvalue weighted by molar-refractivity contribution is 7.22. The van der Waals surface area contributed by atoms with Crippen LogP contribution in [0.4, 0.5) is 5.13 Å². The molecule has 0 bridgehead atoms. The molecule has 3 rings (SSSR count). The summed E-state index contributed by atoms with van der Waals surface area (Å²) in [5, 5.41) is 6.19. The molecule has 0 radical (unpaired) electrons. The fraction of sp³-hybridized carbons (Fsp3) is 0.250. The molecule has 134 valence electrons. The second-order valence-electron chi connectivity index (χ2n) is 6.32. The summed E-state index contributed by atoms with van der Waals surface area (Å²) in [7, 11) is 0. The first-order valence-electron chi connectivity index (χ1n) is 8.45. The van der Waals surface area contributed by atoms with Crippen molar-refractivity contribution >= 4 is 38.5 Å². The number of carbonyl (C=O) groups is 2. The molecular formula is C20H21N3O2S. The van der Waals surface area contributed by atoms with Gasteiger partial charge in [-0.15, -0.1) is 0 Å². The van der Waals surface area contributed by atoms with Crippen LogP contribution in [0.5, 0.6) is 0 Å². The number of nitrogens with one attached hydrogen (secondary N) is 2. The lowest BCUT2D eigenvalue weighted by molar-refractivity contribution is -0.116. The Kier molecular flexibility index (Phi) is 5.32. The van der Waals surface area contributed by atoms with E-state index in [0.29, 0.717) is 10.7 Å². The SMILES string of the molecule is Cc1cc(C)c2nc(NC(=O)CCNC(=O)c3ccccc3C)sc2c1. The molecule has 0 atom stereocenters. The number of benzene rings is 2. The lowest BCUT2D eigenvalue weighted by Crippen LogP contribution is -2.28. The molecule has 0 aliphatic carbocycles. The van der Waals surface area contributed by atoms with Crippen LogP contribution in [0, 0.1) is 20.8 Å². The van der Waals surface area contributed by atoms with E-state index in [0.717, 1.165) is 21.3 Å². The summed E-state index contributed by atoms with van der Waals surface area (Å²) >= 11 is 1.46. The minimum atomic E-state index is -0.165. The summed E-state index contributed by atoms with van der Waals surface area (Å²) < 4.78 is 1.06. The van der Waals surface area contributed by atoms with E-state index >= 15 is 0 Å². The third-order valence-electron chi connectivity index (χ3n) is 4.10. The number of nitrogens with zero attached hydrogens (tertiary/aromatic N) is 1. The zero-order chi connectivity index (χ0) is 18.7. The molecule has 0 fully saturated rings. The maximum atomic E-state index is 12.1. The number of anilines is 1. The van der Waals surface area contributed by atoms with Gasteiger partial charge in [0.1, 0.15) is 0 Å². The third kappa shape index (κ3) is 4.08. The van der Waals surface area contributed by atoms with Crippen molar-refractivity contribution < 1.29 is 9.59 Å². The van der Waals surface area contributed by atoms with Crippen LogP contribution in [0.2, 0.25) is 0 Å². The van der Waals surface area contributed by atoms with Gasteiger partial charge in [-0.1, -0.05) is 35.6 Å². The van der Waals surface area contributed by atoms with Crippen molar-refractivity contribution in [3.05, 3.63) is 58.7 Å². The normalized spacial score (nSPS) is 10.7. The van der Waals surface area contributed by atoms with Crippen LogP contribution in [-0.2, 0) is 4.79 Å². The number of hydrogen-bond donors (Lipinski definition) is 2. The Morgan fingerprint density at radius 1 is 1.08 bits per heavy atom. The average Bonchev–Trinajstić information content (AvgIpc) is 2.97. The van der Waals surface area contributed by atoms with Crippen molar-refractivity contribution in [1.29, 1.82) is 0 Å². The molecule has 0 spiro atoms. The summed E-state index contributed by atoms with van der Waals surface area (Å²) in [6, 6.07) is 11.5. The van der Waals surface area contributed by atoms with Crippen LogP contribution in [0.15, 0.2) is 36.4 Å². The molecular weight excluding hydrogens is 346 g/mol. The van der Waals surface area contributed by atoms with Gasteiger partial charge < -0.3 is 10.6 Å². The topological polar surface area (TPSA) is 71.1 Å². The minimum Gasteiger partial charge on any atom is -0.352 e. The quantitative estimate of drug-likeness (QED) is 0.716. The molecule has 2 N–H and O–H groups in total. The molecule has 3 aromatic rings. The first kappa shape index (κ1) is 18.1. The van der Waals surface area contributed by atoms with Crippen molar-refractivity contribution in [3.63, 3.8) is 0 Å². The highest BCUT2D eigenvalue weighted by atomic mass is 32.1. The van der Waals surface area contributed by atoms with E-state index in [2.05, 4.69) is 27.8 Å². The molecule has 0 aliphatic rings. The molecule has 5 nitrogen and oxygen atoms in total. The maximum Gasteiger partial charge on any atom is 0.251 e. The number of carbonyl (C=O) groups excluding carboxylic acids is 2. The second-order valence-corrected chi connectivity index (χ2v) is 7.35. The first-order valence-corrected chi connectivity index (χ1v) is 9.27. The van der Waals surface area contributed by atoms with Gasteiger partial charge in [0.2, 0.25) is 5.91 Å². The summed E-state index contributed by atoms with van der Waals surface area (Å²) in [5.41, 5.74) is 4.74. The lowest BCUT2D eigenvalue weighted by atomic mass is 10.1. The molecule has 1 aromatic heterocycles. The third-order valence-corrected chi connectivity index (χ3v) is 5.02. The number of aromatic nitrogens is 1. The minimum absolute atomic E-state index is 0.163. The van der Waals surface area contributed by atoms with E-state index < -0.39 is 0 Å². The van der Waals surface area contributed by atoms with Gasteiger partial charge in [-0.2, -0.15) is 0 Å². The summed E-state index contributed by atoms with van der Waals surface area (Å²) in [6.45, 7) is 6.23. The molecule has 0 saturated carbocycles. The molecule has 2 amide bonds. The van der Waals surface area contributed by atoms with Crippen molar-refractivity contribution in [2.24, 2.45) is 0 Å². The Morgan fingerprint density at radius 3 is 2.62 bits per heavy atom. The molecule has 2 aromatic carbocycles. The number of hydrogen-bond acceptors (Lipinski definition) is 4. The smallest absolute Gasteiger partial charge is 0.251 e. The fourth-order valence-corrected chi connectivity index (χ4v) is 3.88. The van der Waals surface area contributed by atoms with Gasteiger partial charge in [-0.05, 0) is 49.6 Å². The Hall–Kier alpha value is -2.73. The van der Waals surface area contributed by atoms with E-state index in [1.807, 2.05) is 39.0 Å². The van der Waals surface area contributed by atoms with Gasteiger partial charge in [-0.25, -0.2) is 4.98 Å². The number of amides is 2. The van der Waals surface area contributed by atoms with Gasteiger partial charge in [0, 0.05) is 18.5 Å². The van der Waals surface area contributed by atoms with Crippen LogP contribution in [0.3, 0.4) is 0 Å². The van der Waals surface area contributed by atoms with Gasteiger partial charge in [0.25, 0.3) is 5.91 Å². The maximum absolute atomic E-state index is 12.1. The van der Waals surface area contributed by atoms with Crippen LogP contribution >= 0.6 is 11.3 Å². The molecule has 0 unspecified atom stereocenters. The van der Waals surface area contributed by atoms with E-state index in [1.165, 1.54) is 16.9 Å². The number of thiazole rings is 1. The van der Waals surface area contributed by atoms with E-state index in [-0.39, 0.29) is 24.8 Å². The van der Waals surface area contributed by atoms with Crippen LogP contribution in [-0.4, -0.2) is 23.3 Å². The van der Waals surface area contributed by atoms with Crippen LogP contribution in [0.1, 0.15) is 33.5 Å². The Morgan fingerprint density at radius 2 is 1.85 bits per heavy atom. The van der Waals surface area contributed by atoms with Gasteiger partial charge in [0.15, 0.2) is 5.13 Å². The average molecular weight is 367 g/mol. The number of aryl methyl sites for hydroxylation is 3. The van der Waals surface area contributed by atoms with Crippen molar-refractivity contribution in [3.8, 4) is 0 Å². The molecule has 6 heteroatoms. The first-order chi connectivity index (χ1) is 12.4. The Labute approximate surface area is 156 Å². The lowest BCUT2D eigenvalue weighted by Gasteiger charge is -2.07. The zero-order valence-electron chi connectivity index (χ0n) is 15.1. The summed E-state index contributed by atoms with van der Waals surface area (Å²) in [4.78, 5) is 28.8. The van der Waals surface area contributed by atoms with Crippen LogP contribution in [0.25, 0.3) is 10.2 Å². The fourth-order valence-electron chi connectivity index (χ4n) is 2.82. The zero-order valence-corrected chi connectivity index (χ0v) is 15.9. The molecule has 0 aliphatic heterocycles. The van der Waals surface area contributed by atoms with Gasteiger partial charge in [0.05, 0.1) is 10.2 Å². The van der Waals surface area contributed by atoms with E-state index in [9.17, 15) is 9.59 Å². The van der Waals surface area contributed by atoms with Gasteiger partial charge >= 0.3 is 0 Å². The number of fused-ring (bicyclic) bond motifs is 1. The van der Waals surface area contributed by atoms with E-state index in [1.54, 1.807) is 6.07 Å². The molecule has 1 heterocycles. The monoisotopic (exact) mass is 367 g/mol. The summed E-state index contributed by atoms with van der Waals surface area (Å²) in [6.07, 6.45) is 0.200. The Bertz CT molecular complexity index is 978. The molecule has 0 saturated heterocycles. The predicted octanol–water partition coefficient (Wildman–Crippen LogP) is 3.98. The predicted molar refractivity (Wildman–Crippen MR) is 106 cm³/mol. The van der Waals surface area contributed by atoms with Crippen molar-refractivity contribution in [2.75, 3.05) is 11.9 Å². The van der Waals surface area contributed by atoms with Crippen molar-refractivity contribution in [2.45, 2.75) is 27.2 Å². The Balaban J connectivity index is 1.55. The second kappa shape index (κ2) is 7.66. The highest BCUT2D eigenvalue weighted by Gasteiger charge is 2.11. The highest BCUT2D eigenvalue weighted by Crippen LogP contribution is 2.29.